The van der Waals surface area contributed by atoms with Gasteiger partial charge in [0.2, 0.25) is 5.91 Å². The second-order valence-corrected chi connectivity index (χ2v) is 8.00. The number of benzene rings is 1. The average molecular weight is 350 g/mol. The molecule has 1 aliphatic heterocycles. The van der Waals surface area contributed by atoms with Crippen molar-refractivity contribution >= 4 is 5.91 Å². The maximum absolute atomic E-state index is 15.0. The second kappa shape index (κ2) is 7.40. The number of carbonyl (C=O) groups excluding carboxylic acids is 1. The molecule has 0 radical (unpaired) electrons. The van der Waals surface area contributed by atoms with Crippen LogP contribution in [0.3, 0.4) is 0 Å². The van der Waals surface area contributed by atoms with Gasteiger partial charge in [0.15, 0.2) is 0 Å². The van der Waals surface area contributed by atoms with Gasteiger partial charge in [0, 0.05) is 24.6 Å². The van der Waals surface area contributed by atoms with Crippen LogP contribution in [0.4, 0.5) is 8.78 Å². The van der Waals surface area contributed by atoms with Gasteiger partial charge >= 0.3 is 0 Å². The number of nitrogens with zero attached hydrogens (tertiary/aromatic N) is 1. The molecule has 0 spiro atoms. The molecule has 1 aliphatic carbocycles. The summed E-state index contributed by atoms with van der Waals surface area (Å²) in [6.45, 7) is 7.24. The number of nitrogens with one attached hydrogen (secondary N) is 1. The molecule has 138 valence electrons. The molecule has 1 heterocycles. The number of likely N-dealkylation sites (tertiary alicyclic amines) is 1. The fraction of sp³-hybridized carbons (Fsp3) is 0.650. The molecule has 1 aromatic carbocycles. The van der Waals surface area contributed by atoms with E-state index in [4.69, 9.17) is 0 Å². The van der Waals surface area contributed by atoms with E-state index in [-0.39, 0.29) is 30.5 Å². The lowest BCUT2D eigenvalue weighted by Gasteiger charge is -2.41. The van der Waals surface area contributed by atoms with E-state index in [1.165, 1.54) is 6.07 Å². The standard InChI is InChI=1S/C20H28F2N2O/c1-14(2)12-23-19(25)16-10-20(22,11-16)17-6-5-15(18(21)9-17)13-24-7-3-4-8-24/h5-6,9,14,16H,3-4,7-8,10-13H2,1-2H3,(H,23,25). The number of hydrogen-bond acceptors (Lipinski definition) is 2. The zero-order valence-corrected chi connectivity index (χ0v) is 15.2. The molecule has 2 fully saturated rings. The van der Waals surface area contributed by atoms with Gasteiger partial charge in [0.05, 0.1) is 0 Å². The molecule has 0 atom stereocenters. The molecule has 25 heavy (non-hydrogen) atoms. The molecule has 5 heteroatoms. The monoisotopic (exact) mass is 350 g/mol. The van der Waals surface area contributed by atoms with Gasteiger partial charge in [-0.1, -0.05) is 26.0 Å². The number of carbonyl (C=O) groups is 1. The van der Waals surface area contributed by atoms with Crippen LogP contribution >= 0.6 is 0 Å². The van der Waals surface area contributed by atoms with Crippen LogP contribution in [0.25, 0.3) is 0 Å². The fourth-order valence-corrected chi connectivity index (χ4v) is 3.73. The topological polar surface area (TPSA) is 32.3 Å². The summed E-state index contributed by atoms with van der Waals surface area (Å²) in [6, 6.07) is 4.72. The van der Waals surface area contributed by atoms with Crippen LogP contribution in [0, 0.1) is 17.7 Å². The van der Waals surface area contributed by atoms with E-state index < -0.39 is 5.67 Å². The minimum absolute atomic E-state index is 0.0897. The number of halogens is 2. The highest BCUT2D eigenvalue weighted by atomic mass is 19.1. The predicted octanol–water partition coefficient (Wildman–Crippen LogP) is 3.77. The largest absolute Gasteiger partial charge is 0.356 e. The summed E-state index contributed by atoms with van der Waals surface area (Å²) in [5, 5.41) is 2.85. The Morgan fingerprint density at radius 1 is 1.32 bits per heavy atom. The van der Waals surface area contributed by atoms with E-state index in [0.717, 1.165) is 25.9 Å². The number of hydrogen-bond donors (Lipinski definition) is 1. The Labute approximate surface area is 148 Å². The lowest BCUT2D eigenvalue weighted by atomic mass is 9.68. The summed E-state index contributed by atoms with van der Waals surface area (Å²) in [6.07, 6.45) is 2.60. The van der Waals surface area contributed by atoms with Gasteiger partial charge in [-0.15, -0.1) is 0 Å². The van der Waals surface area contributed by atoms with Gasteiger partial charge in [-0.05, 0) is 56.3 Å². The van der Waals surface area contributed by atoms with Crippen LogP contribution in [-0.4, -0.2) is 30.4 Å². The Bertz CT molecular complexity index is 620. The minimum atomic E-state index is -1.58. The summed E-state index contributed by atoms with van der Waals surface area (Å²) in [7, 11) is 0. The second-order valence-electron chi connectivity index (χ2n) is 8.00. The van der Waals surface area contributed by atoms with E-state index >= 15 is 4.39 Å². The third-order valence-electron chi connectivity index (χ3n) is 5.36. The lowest BCUT2D eigenvalue weighted by Crippen LogP contribution is -2.46. The Kier molecular flexibility index (Phi) is 5.42. The van der Waals surface area contributed by atoms with Crippen LogP contribution in [0.15, 0.2) is 18.2 Å². The van der Waals surface area contributed by atoms with Crippen molar-refractivity contribution in [3.05, 3.63) is 35.1 Å². The SMILES string of the molecule is CC(C)CNC(=O)C1CC(F)(c2ccc(CN3CCCC3)c(F)c2)C1. The summed E-state index contributed by atoms with van der Waals surface area (Å²) in [5.41, 5.74) is -0.588. The van der Waals surface area contributed by atoms with E-state index in [1.54, 1.807) is 12.1 Å². The molecule has 3 nitrogen and oxygen atoms in total. The van der Waals surface area contributed by atoms with Crippen LogP contribution < -0.4 is 5.32 Å². The Morgan fingerprint density at radius 2 is 2.00 bits per heavy atom. The molecule has 0 aromatic heterocycles. The molecule has 1 saturated heterocycles. The zero-order valence-electron chi connectivity index (χ0n) is 15.2. The third-order valence-corrected chi connectivity index (χ3v) is 5.36. The van der Waals surface area contributed by atoms with Crippen molar-refractivity contribution in [2.45, 2.75) is 51.7 Å². The van der Waals surface area contributed by atoms with E-state index in [0.29, 0.717) is 30.1 Å². The number of alkyl halides is 1. The molecular weight excluding hydrogens is 322 g/mol. The average Bonchev–Trinajstić information content (AvgIpc) is 3.04. The van der Waals surface area contributed by atoms with Gasteiger partial charge in [0.1, 0.15) is 11.5 Å². The number of rotatable bonds is 6. The van der Waals surface area contributed by atoms with Gasteiger partial charge in [0.25, 0.3) is 0 Å². The summed E-state index contributed by atoms with van der Waals surface area (Å²) >= 11 is 0. The Morgan fingerprint density at radius 3 is 2.60 bits per heavy atom. The first-order valence-electron chi connectivity index (χ1n) is 9.35. The third kappa shape index (κ3) is 4.20. The molecule has 0 unspecified atom stereocenters. The normalized spacial score (nSPS) is 26.7. The molecule has 0 bridgehead atoms. The predicted molar refractivity (Wildman–Crippen MR) is 94.3 cm³/mol. The summed E-state index contributed by atoms with van der Waals surface area (Å²) in [5.74, 6) is -0.366. The summed E-state index contributed by atoms with van der Waals surface area (Å²) < 4.78 is 29.4. The molecular formula is C20H28F2N2O. The van der Waals surface area contributed by atoms with Crippen LogP contribution in [0.5, 0.6) is 0 Å². The first-order chi connectivity index (χ1) is 11.9. The van der Waals surface area contributed by atoms with E-state index in [1.807, 2.05) is 13.8 Å². The minimum Gasteiger partial charge on any atom is -0.356 e. The molecule has 3 rings (SSSR count). The van der Waals surface area contributed by atoms with Crippen molar-refractivity contribution in [2.75, 3.05) is 19.6 Å². The van der Waals surface area contributed by atoms with Gasteiger partial charge in [-0.2, -0.15) is 0 Å². The number of amides is 1. The highest BCUT2D eigenvalue weighted by molar-refractivity contribution is 5.80. The van der Waals surface area contributed by atoms with Crippen LogP contribution in [0.1, 0.15) is 50.7 Å². The molecule has 1 saturated carbocycles. The molecule has 2 aliphatic rings. The van der Waals surface area contributed by atoms with Crippen molar-refractivity contribution in [1.29, 1.82) is 0 Å². The van der Waals surface area contributed by atoms with E-state index in [2.05, 4.69) is 10.2 Å². The smallest absolute Gasteiger partial charge is 0.223 e. The highest BCUT2D eigenvalue weighted by Gasteiger charge is 2.49. The quantitative estimate of drug-likeness (QED) is 0.847. The first kappa shape index (κ1) is 18.3. The Hall–Kier alpha value is -1.49. The van der Waals surface area contributed by atoms with Crippen molar-refractivity contribution in [2.24, 2.45) is 11.8 Å². The van der Waals surface area contributed by atoms with Crippen molar-refractivity contribution in [1.82, 2.24) is 10.2 Å². The van der Waals surface area contributed by atoms with Gasteiger partial charge < -0.3 is 5.32 Å². The maximum Gasteiger partial charge on any atom is 0.223 e. The van der Waals surface area contributed by atoms with Crippen molar-refractivity contribution < 1.29 is 13.6 Å². The lowest BCUT2D eigenvalue weighted by molar-refractivity contribution is -0.134. The van der Waals surface area contributed by atoms with Gasteiger partial charge in [-0.3, -0.25) is 9.69 Å². The van der Waals surface area contributed by atoms with Crippen molar-refractivity contribution in [3.8, 4) is 0 Å². The summed E-state index contributed by atoms with van der Waals surface area (Å²) in [4.78, 5) is 14.2. The van der Waals surface area contributed by atoms with E-state index in [9.17, 15) is 9.18 Å². The molecule has 1 amide bonds. The maximum atomic E-state index is 15.0. The fourth-order valence-electron chi connectivity index (χ4n) is 3.73. The molecule has 1 aromatic rings. The molecule has 1 N–H and O–H groups in total. The Balaban J connectivity index is 1.58. The van der Waals surface area contributed by atoms with Crippen LogP contribution in [-0.2, 0) is 17.0 Å². The zero-order chi connectivity index (χ0) is 18.0. The van der Waals surface area contributed by atoms with Gasteiger partial charge in [-0.25, -0.2) is 8.78 Å². The first-order valence-corrected chi connectivity index (χ1v) is 9.35. The highest BCUT2D eigenvalue weighted by Crippen LogP contribution is 2.49. The van der Waals surface area contributed by atoms with Crippen molar-refractivity contribution in [3.63, 3.8) is 0 Å². The van der Waals surface area contributed by atoms with Crippen LogP contribution in [0.2, 0.25) is 0 Å².